The van der Waals surface area contributed by atoms with E-state index < -0.39 is 0 Å². The van der Waals surface area contributed by atoms with Crippen molar-refractivity contribution in [3.8, 4) is 11.3 Å². The van der Waals surface area contributed by atoms with E-state index >= 15 is 0 Å². The molecule has 0 bridgehead atoms. The molecule has 1 aliphatic rings. The number of hydrogen-bond donors (Lipinski definition) is 0. The summed E-state index contributed by atoms with van der Waals surface area (Å²) in [5, 5.41) is 0. The SMILES string of the molecule is CC(C)=CCn1c(-c2ccc(F)cc2)cn2cc(C(=O)N3CCCC3C)nc2c1=O. The lowest BCUT2D eigenvalue weighted by atomic mass is 10.1. The molecule has 2 aromatic heterocycles. The standard InChI is InChI=1S/C23H25FN4O2/c1-15(2)10-12-28-20(17-6-8-18(24)9-7-17)14-26-13-19(25-21(26)23(28)30)22(29)27-11-4-5-16(27)3/h6-10,13-14,16H,4-5,11-12H2,1-3H3. The summed E-state index contributed by atoms with van der Waals surface area (Å²) >= 11 is 0. The molecule has 3 heterocycles. The summed E-state index contributed by atoms with van der Waals surface area (Å²) in [4.78, 5) is 32.4. The fourth-order valence-electron chi connectivity index (χ4n) is 3.87. The maximum atomic E-state index is 13.4. The molecule has 1 unspecified atom stereocenters. The lowest BCUT2D eigenvalue weighted by Gasteiger charge is -2.19. The van der Waals surface area contributed by atoms with E-state index in [9.17, 15) is 14.0 Å². The number of likely N-dealkylation sites (tertiary alicyclic amines) is 1. The Bertz CT molecular complexity index is 1190. The van der Waals surface area contributed by atoms with Crippen LogP contribution < -0.4 is 5.56 Å². The maximum Gasteiger partial charge on any atom is 0.295 e. The summed E-state index contributed by atoms with van der Waals surface area (Å²) in [7, 11) is 0. The molecule has 1 aromatic carbocycles. The number of amides is 1. The predicted molar refractivity (Wildman–Crippen MR) is 114 cm³/mol. The van der Waals surface area contributed by atoms with Crippen molar-refractivity contribution in [2.24, 2.45) is 0 Å². The monoisotopic (exact) mass is 408 g/mol. The Labute approximate surface area is 174 Å². The van der Waals surface area contributed by atoms with E-state index in [2.05, 4.69) is 4.98 Å². The Morgan fingerprint density at radius 1 is 1.23 bits per heavy atom. The molecule has 1 aliphatic heterocycles. The molecule has 0 aliphatic carbocycles. The smallest absolute Gasteiger partial charge is 0.295 e. The first-order valence-corrected chi connectivity index (χ1v) is 10.2. The molecule has 1 saturated heterocycles. The first-order chi connectivity index (χ1) is 14.3. The Morgan fingerprint density at radius 3 is 2.60 bits per heavy atom. The minimum absolute atomic E-state index is 0.151. The van der Waals surface area contributed by atoms with Gasteiger partial charge in [-0.05, 0) is 63.4 Å². The van der Waals surface area contributed by atoms with E-state index in [0.717, 1.165) is 18.4 Å². The van der Waals surface area contributed by atoms with Crippen LogP contribution in [0.5, 0.6) is 0 Å². The second-order valence-electron chi connectivity index (χ2n) is 8.07. The van der Waals surface area contributed by atoms with Gasteiger partial charge in [-0.15, -0.1) is 0 Å². The highest BCUT2D eigenvalue weighted by Gasteiger charge is 2.28. The fourth-order valence-corrected chi connectivity index (χ4v) is 3.87. The highest BCUT2D eigenvalue weighted by Crippen LogP contribution is 2.22. The van der Waals surface area contributed by atoms with Gasteiger partial charge in [-0.3, -0.25) is 18.6 Å². The molecule has 1 fully saturated rings. The molecule has 7 heteroatoms. The molecular weight excluding hydrogens is 383 g/mol. The zero-order valence-electron chi connectivity index (χ0n) is 17.4. The van der Waals surface area contributed by atoms with Gasteiger partial charge in [-0.1, -0.05) is 11.6 Å². The van der Waals surface area contributed by atoms with Crippen molar-refractivity contribution in [2.45, 2.75) is 46.2 Å². The molecule has 1 atom stereocenters. The summed E-state index contributed by atoms with van der Waals surface area (Å²) in [6.07, 6.45) is 7.29. The van der Waals surface area contributed by atoms with Crippen LogP contribution in [0.3, 0.4) is 0 Å². The zero-order valence-corrected chi connectivity index (χ0v) is 17.4. The second-order valence-corrected chi connectivity index (χ2v) is 8.07. The van der Waals surface area contributed by atoms with Gasteiger partial charge in [-0.25, -0.2) is 9.37 Å². The van der Waals surface area contributed by atoms with Crippen LogP contribution >= 0.6 is 0 Å². The summed E-state index contributed by atoms with van der Waals surface area (Å²) in [6, 6.07) is 6.19. The average Bonchev–Trinajstić information content (AvgIpc) is 3.33. The molecule has 0 N–H and O–H groups in total. The topological polar surface area (TPSA) is 59.6 Å². The van der Waals surface area contributed by atoms with Crippen molar-refractivity contribution in [1.82, 2.24) is 18.9 Å². The van der Waals surface area contributed by atoms with E-state index in [1.165, 1.54) is 12.1 Å². The maximum absolute atomic E-state index is 13.4. The van der Waals surface area contributed by atoms with Gasteiger partial charge < -0.3 is 4.90 Å². The number of halogens is 1. The number of hydrogen-bond acceptors (Lipinski definition) is 3. The van der Waals surface area contributed by atoms with Gasteiger partial charge in [0.25, 0.3) is 11.5 Å². The first kappa shape index (κ1) is 20.1. The van der Waals surface area contributed by atoms with Crippen molar-refractivity contribution < 1.29 is 9.18 Å². The van der Waals surface area contributed by atoms with Gasteiger partial charge in [0, 0.05) is 31.5 Å². The number of aromatic nitrogens is 3. The number of nitrogens with zero attached hydrogens (tertiary/aromatic N) is 4. The number of allylic oxidation sites excluding steroid dienone is 2. The van der Waals surface area contributed by atoms with Gasteiger partial charge in [0.05, 0.1) is 5.69 Å². The van der Waals surface area contributed by atoms with Gasteiger partial charge in [0.2, 0.25) is 5.65 Å². The average molecular weight is 408 g/mol. The van der Waals surface area contributed by atoms with Crippen LogP contribution in [0.1, 0.15) is 44.1 Å². The first-order valence-electron chi connectivity index (χ1n) is 10.2. The molecule has 0 spiro atoms. The van der Waals surface area contributed by atoms with E-state index in [4.69, 9.17) is 0 Å². The van der Waals surface area contributed by atoms with E-state index in [0.29, 0.717) is 24.3 Å². The van der Waals surface area contributed by atoms with Crippen molar-refractivity contribution in [1.29, 1.82) is 0 Å². The van der Waals surface area contributed by atoms with Crippen LogP contribution in [-0.2, 0) is 6.54 Å². The molecular formula is C23H25FN4O2. The Hall–Kier alpha value is -3.22. The van der Waals surface area contributed by atoms with Crippen molar-refractivity contribution in [3.05, 3.63) is 70.2 Å². The van der Waals surface area contributed by atoms with E-state index in [1.807, 2.05) is 31.7 Å². The van der Waals surface area contributed by atoms with Crippen LogP contribution in [0.4, 0.5) is 4.39 Å². The van der Waals surface area contributed by atoms with Crippen LogP contribution in [-0.4, -0.2) is 37.3 Å². The zero-order chi connectivity index (χ0) is 21.4. The molecule has 0 saturated carbocycles. The molecule has 30 heavy (non-hydrogen) atoms. The lowest BCUT2D eigenvalue weighted by molar-refractivity contribution is 0.0742. The Kier molecular flexibility index (Phi) is 5.28. The third-order valence-corrected chi connectivity index (χ3v) is 5.58. The second kappa shape index (κ2) is 7.89. The van der Waals surface area contributed by atoms with Crippen molar-refractivity contribution in [2.75, 3.05) is 6.54 Å². The number of carbonyl (C=O) groups excluding carboxylic acids is 1. The minimum Gasteiger partial charge on any atom is -0.335 e. The number of benzene rings is 1. The minimum atomic E-state index is -0.340. The van der Waals surface area contributed by atoms with Gasteiger partial charge >= 0.3 is 0 Å². The highest BCUT2D eigenvalue weighted by atomic mass is 19.1. The Morgan fingerprint density at radius 2 is 1.97 bits per heavy atom. The summed E-state index contributed by atoms with van der Waals surface area (Å²) < 4.78 is 16.6. The predicted octanol–water partition coefficient (Wildman–Crippen LogP) is 3.89. The number of fused-ring (bicyclic) bond motifs is 1. The summed E-state index contributed by atoms with van der Waals surface area (Å²) in [6.45, 7) is 7.03. The lowest BCUT2D eigenvalue weighted by Crippen LogP contribution is -2.33. The molecule has 156 valence electrons. The summed E-state index contributed by atoms with van der Waals surface area (Å²) in [5.74, 6) is -0.490. The van der Waals surface area contributed by atoms with Crippen molar-refractivity contribution >= 4 is 11.6 Å². The van der Waals surface area contributed by atoms with Crippen molar-refractivity contribution in [3.63, 3.8) is 0 Å². The fraction of sp³-hybridized carbons (Fsp3) is 0.348. The molecule has 0 radical (unpaired) electrons. The number of rotatable bonds is 4. The van der Waals surface area contributed by atoms with Crippen LogP contribution in [0.25, 0.3) is 16.9 Å². The van der Waals surface area contributed by atoms with Crippen LogP contribution in [0.15, 0.2) is 53.1 Å². The van der Waals surface area contributed by atoms with Crippen LogP contribution in [0.2, 0.25) is 0 Å². The quantitative estimate of drug-likeness (QED) is 0.616. The third kappa shape index (κ3) is 3.67. The van der Waals surface area contributed by atoms with Gasteiger partial charge in [0.1, 0.15) is 11.5 Å². The van der Waals surface area contributed by atoms with Crippen LogP contribution in [0, 0.1) is 5.82 Å². The normalized spacial score (nSPS) is 16.3. The third-order valence-electron chi connectivity index (χ3n) is 5.58. The summed E-state index contributed by atoms with van der Waals surface area (Å²) in [5.41, 5.74) is 2.62. The molecule has 1 amide bonds. The largest absolute Gasteiger partial charge is 0.335 e. The number of carbonyl (C=O) groups is 1. The van der Waals surface area contributed by atoms with E-state index in [1.54, 1.807) is 33.5 Å². The Balaban J connectivity index is 1.86. The highest BCUT2D eigenvalue weighted by molar-refractivity contribution is 5.93. The van der Waals surface area contributed by atoms with Gasteiger partial charge in [-0.2, -0.15) is 0 Å². The van der Waals surface area contributed by atoms with E-state index in [-0.39, 0.29) is 34.7 Å². The molecule has 6 nitrogen and oxygen atoms in total. The number of imidazole rings is 1. The molecule has 4 rings (SSSR count). The molecule has 3 aromatic rings. The van der Waals surface area contributed by atoms with Gasteiger partial charge in [0.15, 0.2) is 0 Å².